The van der Waals surface area contributed by atoms with Crippen molar-refractivity contribution in [1.82, 2.24) is 20.1 Å². The Bertz CT molecular complexity index is 1050. The maximum atomic E-state index is 13.1. The topological polar surface area (TPSA) is 86.1 Å². The Morgan fingerprint density at radius 3 is 2.69 bits per heavy atom. The smallest absolute Gasteiger partial charge is 0.329 e. The molecule has 3 aromatic rings. The number of ether oxygens (including phenoxy) is 1. The minimum absolute atomic E-state index is 0.142. The summed E-state index contributed by atoms with van der Waals surface area (Å²) in [5, 5.41) is 7.81. The van der Waals surface area contributed by atoms with Crippen LogP contribution in [0.1, 0.15) is 29.9 Å². The number of thiol groups is 1. The van der Waals surface area contributed by atoms with Crippen LogP contribution in [0.4, 0.5) is 0 Å². The molecular weight excluding hydrogens is 388 g/mol. The lowest BCUT2D eigenvalue weighted by molar-refractivity contribution is -0.144. The number of nitrogens with zero attached hydrogens (tertiary/aromatic N) is 3. The monoisotopic (exact) mass is 412 g/mol. The Kier molecular flexibility index (Phi) is 6.53. The van der Waals surface area contributed by atoms with Gasteiger partial charge in [-0.2, -0.15) is 17.7 Å². The van der Waals surface area contributed by atoms with Gasteiger partial charge in [0.05, 0.1) is 29.6 Å². The van der Waals surface area contributed by atoms with Crippen molar-refractivity contribution in [2.75, 3.05) is 12.4 Å². The number of aromatic nitrogens is 3. The molecule has 1 N–H and O–H groups in total. The highest BCUT2D eigenvalue weighted by atomic mass is 32.1. The molecule has 0 aliphatic rings. The molecule has 0 spiro atoms. The van der Waals surface area contributed by atoms with Crippen LogP contribution in [-0.2, 0) is 16.1 Å². The zero-order valence-corrected chi connectivity index (χ0v) is 17.6. The molecule has 0 aliphatic heterocycles. The number of carbonyl (C=O) groups excluding carboxylic acids is 2. The van der Waals surface area contributed by atoms with E-state index in [1.807, 2.05) is 42.8 Å². The predicted octanol–water partition coefficient (Wildman–Crippen LogP) is 3.02. The lowest BCUT2D eigenvalue weighted by Gasteiger charge is -2.16. The molecule has 29 heavy (non-hydrogen) atoms. The quantitative estimate of drug-likeness (QED) is 0.460. The average Bonchev–Trinajstić information content (AvgIpc) is 3.11. The van der Waals surface area contributed by atoms with Crippen LogP contribution in [0.5, 0.6) is 0 Å². The standard InChI is InChI=1S/C21H24N4O3S/c1-4-25-13(3)16(11-22-25)18-10-15(14-8-6-7-9-17(14)23-18)20(26)24-19(12-29)21(27)28-5-2/h6-11,19,29H,4-5,12H2,1-3H3,(H,24,26)/t19-/m0/s1. The van der Waals surface area contributed by atoms with Crippen molar-refractivity contribution in [3.8, 4) is 11.3 Å². The van der Waals surface area contributed by atoms with E-state index >= 15 is 0 Å². The van der Waals surface area contributed by atoms with Gasteiger partial charge >= 0.3 is 5.97 Å². The second-order valence-electron chi connectivity index (χ2n) is 6.49. The van der Waals surface area contributed by atoms with Crippen LogP contribution >= 0.6 is 12.6 Å². The second kappa shape index (κ2) is 9.09. The Balaban J connectivity index is 2.05. The summed E-state index contributed by atoms with van der Waals surface area (Å²) in [5.74, 6) is -0.741. The number of nitrogens with one attached hydrogen (secondary N) is 1. The fourth-order valence-electron chi connectivity index (χ4n) is 3.18. The van der Waals surface area contributed by atoms with E-state index in [-0.39, 0.29) is 18.3 Å². The SMILES string of the molecule is CCOC(=O)[C@H](CS)NC(=O)c1cc(-c2cnn(CC)c2C)nc2ccccc12. The summed E-state index contributed by atoms with van der Waals surface area (Å²) < 4.78 is 6.90. The van der Waals surface area contributed by atoms with Crippen LogP contribution in [-0.4, -0.2) is 45.0 Å². The van der Waals surface area contributed by atoms with Crippen LogP contribution in [0, 0.1) is 6.92 Å². The van der Waals surface area contributed by atoms with E-state index in [4.69, 9.17) is 9.72 Å². The Morgan fingerprint density at radius 1 is 1.28 bits per heavy atom. The van der Waals surface area contributed by atoms with Crippen LogP contribution in [0.3, 0.4) is 0 Å². The third kappa shape index (κ3) is 4.27. The van der Waals surface area contributed by atoms with Crippen molar-refractivity contribution in [1.29, 1.82) is 0 Å². The third-order valence-electron chi connectivity index (χ3n) is 4.70. The summed E-state index contributed by atoms with van der Waals surface area (Å²) in [6, 6.07) is 8.33. The molecule has 1 amide bonds. The second-order valence-corrected chi connectivity index (χ2v) is 6.86. The van der Waals surface area contributed by atoms with Crippen molar-refractivity contribution in [2.45, 2.75) is 33.4 Å². The first kappa shape index (κ1) is 20.9. The first-order chi connectivity index (χ1) is 14.0. The van der Waals surface area contributed by atoms with Crippen molar-refractivity contribution in [2.24, 2.45) is 0 Å². The lowest BCUT2D eigenvalue weighted by atomic mass is 10.0. The molecule has 1 aromatic carbocycles. The molecular formula is C21H24N4O3S. The summed E-state index contributed by atoms with van der Waals surface area (Å²) in [6.45, 7) is 6.69. The van der Waals surface area contributed by atoms with E-state index in [2.05, 4.69) is 23.0 Å². The number of benzene rings is 1. The highest BCUT2D eigenvalue weighted by Crippen LogP contribution is 2.27. The van der Waals surface area contributed by atoms with Crippen LogP contribution < -0.4 is 5.32 Å². The number of hydrogen-bond donors (Lipinski definition) is 2. The molecule has 2 heterocycles. The van der Waals surface area contributed by atoms with E-state index in [9.17, 15) is 9.59 Å². The van der Waals surface area contributed by atoms with Gasteiger partial charge < -0.3 is 10.1 Å². The predicted molar refractivity (Wildman–Crippen MR) is 115 cm³/mol. The maximum Gasteiger partial charge on any atom is 0.329 e. The van der Waals surface area contributed by atoms with Crippen LogP contribution in [0.2, 0.25) is 0 Å². The minimum Gasteiger partial charge on any atom is -0.464 e. The van der Waals surface area contributed by atoms with Gasteiger partial charge in [-0.3, -0.25) is 9.48 Å². The molecule has 0 fully saturated rings. The highest BCUT2D eigenvalue weighted by Gasteiger charge is 2.23. The number of esters is 1. The zero-order chi connectivity index (χ0) is 21.0. The molecule has 0 saturated carbocycles. The number of aryl methyl sites for hydroxylation is 1. The fraction of sp³-hybridized carbons (Fsp3) is 0.333. The molecule has 0 unspecified atom stereocenters. The maximum absolute atomic E-state index is 13.1. The van der Waals surface area contributed by atoms with Gasteiger partial charge in [-0.1, -0.05) is 18.2 Å². The van der Waals surface area contributed by atoms with Crippen LogP contribution in [0.25, 0.3) is 22.2 Å². The summed E-state index contributed by atoms with van der Waals surface area (Å²) in [6.07, 6.45) is 1.76. The van der Waals surface area contributed by atoms with E-state index in [1.165, 1.54) is 0 Å². The van der Waals surface area contributed by atoms with E-state index in [0.29, 0.717) is 22.2 Å². The average molecular weight is 413 g/mol. The minimum atomic E-state index is -0.828. The molecule has 3 rings (SSSR count). The van der Waals surface area contributed by atoms with Crippen molar-refractivity contribution < 1.29 is 14.3 Å². The van der Waals surface area contributed by atoms with Gasteiger partial charge in [-0.05, 0) is 32.9 Å². The molecule has 1 atom stereocenters. The Labute approximate surface area is 174 Å². The molecule has 8 heteroatoms. The summed E-state index contributed by atoms with van der Waals surface area (Å²) >= 11 is 4.17. The summed E-state index contributed by atoms with van der Waals surface area (Å²) in [4.78, 5) is 29.9. The van der Waals surface area contributed by atoms with Gasteiger partial charge in [0.15, 0.2) is 0 Å². The molecule has 152 valence electrons. The third-order valence-corrected chi connectivity index (χ3v) is 5.06. The number of hydrogen-bond acceptors (Lipinski definition) is 6. The number of pyridine rings is 1. The first-order valence-corrected chi connectivity index (χ1v) is 10.1. The Hall–Kier alpha value is -2.87. The number of rotatable bonds is 7. The number of amides is 1. The molecule has 0 saturated heterocycles. The van der Waals surface area contributed by atoms with Gasteiger partial charge in [0.1, 0.15) is 6.04 Å². The van der Waals surface area contributed by atoms with Crippen molar-refractivity contribution in [3.05, 3.63) is 47.8 Å². The first-order valence-electron chi connectivity index (χ1n) is 9.51. The van der Waals surface area contributed by atoms with Gasteiger partial charge in [-0.25, -0.2) is 9.78 Å². The zero-order valence-electron chi connectivity index (χ0n) is 16.7. The normalized spacial score (nSPS) is 12.0. The van der Waals surface area contributed by atoms with E-state index in [1.54, 1.807) is 19.2 Å². The van der Waals surface area contributed by atoms with Crippen molar-refractivity contribution in [3.63, 3.8) is 0 Å². The van der Waals surface area contributed by atoms with Crippen LogP contribution in [0.15, 0.2) is 36.5 Å². The number of carbonyl (C=O) groups is 2. The van der Waals surface area contributed by atoms with Crippen molar-refractivity contribution >= 4 is 35.4 Å². The molecule has 0 bridgehead atoms. The highest BCUT2D eigenvalue weighted by molar-refractivity contribution is 7.80. The summed E-state index contributed by atoms with van der Waals surface area (Å²) in [7, 11) is 0. The van der Waals surface area contributed by atoms with Gasteiger partial charge in [0.25, 0.3) is 5.91 Å². The molecule has 7 nitrogen and oxygen atoms in total. The number of para-hydroxylation sites is 1. The number of fused-ring (bicyclic) bond motifs is 1. The van der Waals surface area contributed by atoms with Gasteiger partial charge in [-0.15, -0.1) is 0 Å². The van der Waals surface area contributed by atoms with E-state index in [0.717, 1.165) is 17.8 Å². The molecule has 2 aromatic heterocycles. The van der Waals surface area contributed by atoms with E-state index < -0.39 is 12.0 Å². The largest absolute Gasteiger partial charge is 0.464 e. The lowest BCUT2D eigenvalue weighted by Crippen LogP contribution is -2.43. The summed E-state index contributed by atoms with van der Waals surface area (Å²) in [5.41, 5.74) is 3.62. The Morgan fingerprint density at radius 2 is 2.03 bits per heavy atom. The fourth-order valence-corrected chi connectivity index (χ4v) is 3.42. The molecule has 0 aliphatic carbocycles. The van der Waals surface area contributed by atoms with Gasteiger partial charge in [0.2, 0.25) is 0 Å². The van der Waals surface area contributed by atoms with Gasteiger partial charge in [0, 0.05) is 28.9 Å². The molecule has 0 radical (unpaired) electrons.